The largest absolute Gasteiger partial charge is 0.524 e. The number of benzene rings is 1. The standard InChI is InChI=1S/C25H31BrN3O6PS/c1-13-12-27-24(37-13)28-21(30)8-3-14-11-20(29-31)25(2)10-9-16-15-6-7-19(35-36(32,33)34)23(26)18(15)5-4-17(16)22(14)25/h6-7,12,14,16-17,22,31H,3-5,8-11H2,1-2H3,(H,27,28,30)(H2,32,33,34)/t14-,16?,17?,22?,25-/m1/s1. The Balaban J connectivity index is 1.37. The van der Waals surface area contributed by atoms with Crippen molar-refractivity contribution >= 4 is 51.8 Å². The molecule has 37 heavy (non-hydrogen) atoms. The van der Waals surface area contributed by atoms with Gasteiger partial charge in [0.05, 0.1) is 10.2 Å². The van der Waals surface area contributed by atoms with Crippen LogP contribution in [0.5, 0.6) is 5.75 Å². The number of nitrogens with zero attached hydrogens (tertiary/aromatic N) is 2. The van der Waals surface area contributed by atoms with Crippen LogP contribution < -0.4 is 9.84 Å². The summed E-state index contributed by atoms with van der Waals surface area (Å²) in [5.74, 6) is 1.27. The number of hydrogen-bond donors (Lipinski definition) is 4. The van der Waals surface area contributed by atoms with E-state index in [1.54, 1.807) is 12.3 Å². The Bertz CT molecular complexity index is 1300. The lowest BCUT2D eigenvalue weighted by Crippen LogP contribution is -2.44. The van der Waals surface area contributed by atoms with Crippen molar-refractivity contribution < 1.29 is 28.9 Å². The predicted molar refractivity (Wildman–Crippen MR) is 144 cm³/mol. The molecule has 5 atom stereocenters. The fraction of sp³-hybridized carbons (Fsp3) is 0.560. The zero-order valence-corrected chi connectivity index (χ0v) is 24.0. The van der Waals surface area contributed by atoms with Crippen LogP contribution in [0.3, 0.4) is 0 Å². The molecule has 200 valence electrons. The number of thiazole rings is 1. The fourth-order valence-corrected chi connectivity index (χ4v) is 9.07. The highest BCUT2D eigenvalue weighted by molar-refractivity contribution is 9.10. The number of fused-ring (bicyclic) bond motifs is 5. The fourth-order valence-electron chi connectivity index (χ4n) is 7.21. The molecule has 5 rings (SSSR count). The van der Waals surface area contributed by atoms with Crippen LogP contribution in [0.2, 0.25) is 0 Å². The summed E-state index contributed by atoms with van der Waals surface area (Å²) in [6.07, 6.45) is 7.02. The van der Waals surface area contributed by atoms with Gasteiger partial charge in [-0.15, -0.1) is 11.3 Å². The van der Waals surface area contributed by atoms with Gasteiger partial charge in [0, 0.05) is 22.9 Å². The van der Waals surface area contributed by atoms with Crippen LogP contribution in [0.15, 0.2) is 28.0 Å². The number of carbonyl (C=O) groups is 1. The first-order valence-corrected chi connectivity index (χ1v) is 15.6. The van der Waals surface area contributed by atoms with Crippen LogP contribution in [0.25, 0.3) is 0 Å². The minimum Gasteiger partial charge on any atom is -0.411 e. The van der Waals surface area contributed by atoms with Gasteiger partial charge in [-0.2, -0.15) is 0 Å². The Kier molecular flexibility index (Phi) is 7.30. The number of nitrogens with one attached hydrogen (secondary N) is 1. The Labute approximate surface area is 228 Å². The molecule has 1 aromatic carbocycles. The second kappa shape index (κ2) is 10.1. The average molecular weight is 612 g/mol. The number of carbonyl (C=O) groups excluding carboxylic acids is 1. The predicted octanol–water partition coefficient (Wildman–Crippen LogP) is 6.02. The molecule has 1 amide bonds. The summed E-state index contributed by atoms with van der Waals surface area (Å²) in [6, 6.07) is 3.58. The molecule has 1 heterocycles. The van der Waals surface area contributed by atoms with Gasteiger partial charge in [-0.25, -0.2) is 9.55 Å². The molecule has 2 aromatic rings. The molecule has 3 unspecified atom stereocenters. The quantitative estimate of drug-likeness (QED) is 0.178. The minimum atomic E-state index is -4.66. The minimum absolute atomic E-state index is 0.0479. The number of hydrogen-bond acceptors (Lipinski definition) is 7. The molecule has 9 nitrogen and oxygen atoms in total. The van der Waals surface area contributed by atoms with Gasteiger partial charge < -0.3 is 15.0 Å². The summed E-state index contributed by atoms with van der Waals surface area (Å²) in [5.41, 5.74) is 2.86. The number of oxime groups is 1. The molecule has 2 saturated carbocycles. The van der Waals surface area contributed by atoms with Crippen LogP contribution in [0.1, 0.15) is 67.4 Å². The van der Waals surface area contributed by atoms with Crippen molar-refractivity contribution in [1.82, 2.24) is 4.98 Å². The summed E-state index contributed by atoms with van der Waals surface area (Å²) < 4.78 is 16.9. The number of aromatic nitrogens is 1. The summed E-state index contributed by atoms with van der Waals surface area (Å²) in [5, 5.41) is 17.2. The normalized spacial score (nSPS) is 29.9. The van der Waals surface area contributed by atoms with Gasteiger partial charge in [-0.1, -0.05) is 18.1 Å². The zero-order valence-electron chi connectivity index (χ0n) is 20.7. The molecule has 2 fully saturated rings. The van der Waals surface area contributed by atoms with Gasteiger partial charge in [-0.05, 0) is 102 Å². The summed E-state index contributed by atoms with van der Waals surface area (Å²) in [6.45, 7) is 4.16. The first kappa shape index (κ1) is 26.8. The maximum atomic E-state index is 12.7. The highest BCUT2D eigenvalue weighted by Crippen LogP contribution is 2.63. The van der Waals surface area contributed by atoms with E-state index in [-0.39, 0.29) is 34.8 Å². The SMILES string of the molecule is Cc1cnc(NC(=O)CC[C@@H]2CC(=NO)[C@@]3(C)CCC4c5ccc(OP(=O)(O)O)c(Br)c5CCC4C23)s1. The Morgan fingerprint density at radius 1 is 1.38 bits per heavy atom. The number of anilines is 1. The van der Waals surface area contributed by atoms with E-state index in [0.29, 0.717) is 34.8 Å². The van der Waals surface area contributed by atoms with Crippen LogP contribution in [-0.4, -0.2) is 31.6 Å². The molecular formula is C25H31BrN3O6PS. The molecule has 3 aliphatic carbocycles. The van der Waals surface area contributed by atoms with E-state index in [4.69, 9.17) is 4.52 Å². The number of amides is 1. The van der Waals surface area contributed by atoms with Crippen molar-refractivity contribution in [3.8, 4) is 5.75 Å². The number of aryl methyl sites for hydroxylation is 1. The summed E-state index contributed by atoms with van der Waals surface area (Å²) in [4.78, 5) is 36.5. The lowest BCUT2D eigenvalue weighted by molar-refractivity contribution is -0.116. The van der Waals surface area contributed by atoms with Gasteiger partial charge in [0.1, 0.15) is 5.75 Å². The topological polar surface area (TPSA) is 141 Å². The van der Waals surface area contributed by atoms with Crippen molar-refractivity contribution in [1.29, 1.82) is 0 Å². The van der Waals surface area contributed by atoms with Gasteiger partial charge >= 0.3 is 7.82 Å². The number of phosphoric acid groups is 1. The number of rotatable bonds is 6. The van der Waals surface area contributed by atoms with Gasteiger partial charge in [-0.3, -0.25) is 14.6 Å². The van der Waals surface area contributed by atoms with E-state index in [2.05, 4.69) is 38.3 Å². The molecule has 1 aromatic heterocycles. The van der Waals surface area contributed by atoms with E-state index in [1.165, 1.54) is 16.9 Å². The average Bonchev–Trinajstić information content (AvgIpc) is 3.37. The van der Waals surface area contributed by atoms with Crippen molar-refractivity contribution in [2.24, 2.45) is 28.3 Å². The van der Waals surface area contributed by atoms with Gasteiger partial charge in [0.15, 0.2) is 5.13 Å². The first-order valence-electron chi connectivity index (χ1n) is 12.5. The van der Waals surface area contributed by atoms with Crippen LogP contribution in [0.4, 0.5) is 5.13 Å². The molecule has 12 heteroatoms. The van der Waals surface area contributed by atoms with Crippen molar-refractivity contribution in [2.45, 2.75) is 64.7 Å². The molecule has 0 aliphatic heterocycles. The first-order chi connectivity index (χ1) is 17.5. The molecule has 0 spiro atoms. The monoisotopic (exact) mass is 611 g/mol. The molecular weight excluding hydrogens is 581 g/mol. The number of phosphoric ester groups is 1. The smallest absolute Gasteiger partial charge is 0.411 e. The van der Waals surface area contributed by atoms with Crippen LogP contribution >= 0.6 is 35.1 Å². The molecule has 4 N–H and O–H groups in total. The van der Waals surface area contributed by atoms with Gasteiger partial charge in [0.2, 0.25) is 5.91 Å². The summed E-state index contributed by atoms with van der Waals surface area (Å²) >= 11 is 4.99. The van der Waals surface area contributed by atoms with E-state index >= 15 is 0 Å². The highest BCUT2D eigenvalue weighted by Gasteiger charge is 2.57. The van der Waals surface area contributed by atoms with Crippen molar-refractivity contribution in [2.75, 3.05) is 5.32 Å². The van der Waals surface area contributed by atoms with E-state index < -0.39 is 7.82 Å². The lowest BCUT2D eigenvalue weighted by Gasteiger charge is -2.50. The number of halogens is 1. The highest BCUT2D eigenvalue weighted by atomic mass is 79.9. The van der Waals surface area contributed by atoms with Crippen LogP contribution in [0, 0.1) is 30.1 Å². The molecule has 3 aliphatic rings. The molecule has 0 saturated heterocycles. The van der Waals surface area contributed by atoms with E-state index in [0.717, 1.165) is 41.8 Å². The maximum absolute atomic E-state index is 12.7. The Morgan fingerprint density at radius 3 is 2.84 bits per heavy atom. The second-order valence-electron chi connectivity index (χ2n) is 10.7. The molecule has 0 radical (unpaired) electrons. The van der Waals surface area contributed by atoms with E-state index in [1.807, 2.05) is 13.0 Å². The Morgan fingerprint density at radius 2 is 2.16 bits per heavy atom. The van der Waals surface area contributed by atoms with Crippen molar-refractivity contribution in [3.05, 3.63) is 38.8 Å². The third-order valence-electron chi connectivity index (χ3n) is 8.63. The molecule has 0 bridgehead atoms. The van der Waals surface area contributed by atoms with E-state index in [9.17, 15) is 24.4 Å². The Hall–Kier alpha value is -1.78. The van der Waals surface area contributed by atoms with Gasteiger partial charge in [0.25, 0.3) is 0 Å². The summed E-state index contributed by atoms with van der Waals surface area (Å²) in [7, 11) is -4.66. The zero-order chi connectivity index (χ0) is 26.5. The maximum Gasteiger partial charge on any atom is 0.524 e. The lowest BCUT2D eigenvalue weighted by atomic mass is 9.54. The third-order valence-corrected chi connectivity index (χ3v) is 10.8. The second-order valence-corrected chi connectivity index (χ2v) is 13.9. The third kappa shape index (κ3) is 5.13. The van der Waals surface area contributed by atoms with Crippen LogP contribution in [-0.2, 0) is 15.8 Å². The van der Waals surface area contributed by atoms with Crippen molar-refractivity contribution in [3.63, 3.8) is 0 Å².